The summed E-state index contributed by atoms with van der Waals surface area (Å²) in [5, 5.41) is 0. The molecule has 1 aliphatic rings. The van der Waals surface area contributed by atoms with Crippen molar-refractivity contribution < 1.29 is 71.9 Å². The van der Waals surface area contributed by atoms with Gasteiger partial charge in [0, 0.05) is 20.4 Å². The third-order valence-electron chi connectivity index (χ3n) is 3.36. The van der Waals surface area contributed by atoms with E-state index in [1.807, 2.05) is 22.6 Å². The summed E-state index contributed by atoms with van der Waals surface area (Å²) < 4.78 is 12.6. The Hall–Kier alpha value is -0.344. The van der Waals surface area contributed by atoms with Gasteiger partial charge in [0.2, 0.25) is 5.95 Å². The number of nitrogen functional groups attached to an aromatic ring is 1. The molecular weight excluding hydrogens is 456 g/mol. The molecule has 124 valence electrons. The van der Waals surface area contributed by atoms with Crippen LogP contribution in [0.15, 0.2) is 6.33 Å². The summed E-state index contributed by atoms with van der Waals surface area (Å²) in [7, 11) is 0. The number of rotatable bonds is 3. The second kappa shape index (κ2) is 7.49. The van der Waals surface area contributed by atoms with Gasteiger partial charge in [-0.1, -0.05) is 0 Å². The summed E-state index contributed by atoms with van der Waals surface area (Å²) in [6, 6.07) is 0. The molecule has 24 heavy (non-hydrogen) atoms. The van der Waals surface area contributed by atoms with Gasteiger partial charge in [-0.2, -0.15) is 4.98 Å². The first kappa shape index (κ1) is 20.0. The summed E-state index contributed by atoms with van der Waals surface area (Å²) in [4.78, 5) is 36.3. The van der Waals surface area contributed by atoms with E-state index >= 15 is 0 Å². The van der Waals surface area contributed by atoms with Crippen LogP contribution in [0.3, 0.4) is 0 Å². The summed E-state index contributed by atoms with van der Waals surface area (Å²) >= 11 is 2.02. The zero-order valence-corrected chi connectivity index (χ0v) is 18.7. The number of nitrogens with zero attached hydrogens (tertiary/aromatic N) is 4. The number of aryl methyl sites for hydroxylation is 1. The standard InChI is InChI=1S/C13H14IN5O4.K.H/c1-13(2)22-10(20)6(11(21)23-13)3-4-19-5-16-7-8(14)17-12(15)18-9(7)19;;/h5-6H,3-4H2,1-2H3,(H2,15,17,18);;/q;+1;-1. The van der Waals surface area contributed by atoms with E-state index in [2.05, 4.69) is 15.0 Å². The normalized spacial score (nSPS) is 17.3. The van der Waals surface area contributed by atoms with Crippen LogP contribution >= 0.6 is 22.6 Å². The third-order valence-corrected chi connectivity index (χ3v) is 4.11. The van der Waals surface area contributed by atoms with E-state index in [9.17, 15) is 9.59 Å². The van der Waals surface area contributed by atoms with Crippen molar-refractivity contribution >= 4 is 51.6 Å². The number of carbonyl (C=O) groups is 2. The van der Waals surface area contributed by atoms with E-state index in [1.54, 1.807) is 10.9 Å². The van der Waals surface area contributed by atoms with Gasteiger partial charge >= 0.3 is 63.3 Å². The average Bonchev–Trinajstić information content (AvgIpc) is 2.79. The summed E-state index contributed by atoms with van der Waals surface area (Å²) in [6.07, 6.45) is 1.80. The van der Waals surface area contributed by atoms with Crippen molar-refractivity contribution in [1.29, 1.82) is 0 Å². The Morgan fingerprint density at radius 1 is 1.33 bits per heavy atom. The van der Waals surface area contributed by atoms with Crippen LogP contribution in [0, 0.1) is 9.62 Å². The molecule has 9 nitrogen and oxygen atoms in total. The van der Waals surface area contributed by atoms with Gasteiger partial charge < -0.3 is 21.2 Å². The van der Waals surface area contributed by atoms with Crippen LogP contribution in [0.2, 0.25) is 0 Å². The van der Waals surface area contributed by atoms with E-state index < -0.39 is 23.6 Å². The number of cyclic esters (lactones) is 2. The summed E-state index contributed by atoms with van der Waals surface area (Å²) in [6.45, 7) is 3.38. The SMILES string of the molecule is CC1(C)OC(=O)C(CCn2cnc3c(I)nc(N)nc32)C(=O)O1.[H-].[K+]. The van der Waals surface area contributed by atoms with Gasteiger partial charge in [0.05, 0.1) is 6.33 Å². The monoisotopic (exact) mass is 471 g/mol. The van der Waals surface area contributed by atoms with Gasteiger partial charge in [-0.05, 0) is 29.0 Å². The van der Waals surface area contributed by atoms with Crippen molar-refractivity contribution in [2.45, 2.75) is 32.6 Å². The first-order valence-electron chi connectivity index (χ1n) is 6.86. The van der Waals surface area contributed by atoms with Crippen LogP contribution in [0.4, 0.5) is 5.95 Å². The summed E-state index contributed by atoms with van der Waals surface area (Å²) in [5.74, 6) is -3.20. The van der Waals surface area contributed by atoms with E-state index in [4.69, 9.17) is 15.2 Å². The fourth-order valence-electron chi connectivity index (χ4n) is 2.34. The molecule has 0 atom stereocenters. The predicted molar refractivity (Wildman–Crippen MR) is 87.9 cm³/mol. The zero-order valence-electron chi connectivity index (χ0n) is 14.4. The Bertz CT molecular complexity index is 795. The van der Waals surface area contributed by atoms with Crippen molar-refractivity contribution in [3.8, 4) is 0 Å². The topological polar surface area (TPSA) is 122 Å². The van der Waals surface area contributed by atoms with Crippen molar-refractivity contribution in [3.63, 3.8) is 0 Å². The van der Waals surface area contributed by atoms with Gasteiger partial charge in [-0.15, -0.1) is 0 Å². The minimum Gasteiger partial charge on any atom is -1.00 e. The number of halogens is 1. The van der Waals surface area contributed by atoms with Crippen molar-refractivity contribution in [3.05, 3.63) is 10.0 Å². The molecule has 0 bridgehead atoms. The minimum atomic E-state index is -1.22. The molecule has 0 spiro atoms. The van der Waals surface area contributed by atoms with Crippen LogP contribution in [0.1, 0.15) is 21.7 Å². The number of fused-ring (bicyclic) bond motifs is 1. The van der Waals surface area contributed by atoms with Crippen LogP contribution in [0.5, 0.6) is 0 Å². The molecule has 1 aliphatic heterocycles. The zero-order chi connectivity index (χ0) is 16.8. The molecule has 2 aromatic rings. The van der Waals surface area contributed by atoms with Gasteiger partial charge in [0.15, 0.2) is 11.6 Å². The fourth-order valence-corrected chi connectivity index (χ4v) is 2.96. The smallest absolute Gasteiger partial charge is 1.00 e. The number of anilines is 1. The molecule has 0 unspecified atom stereocenters. The molecule has 11 heteroatoms. The molecular formula is C13H15IKN5O4. The molecule has 2 N–H and O–H groups in total. The van der Waals surface area contributed by atoms with Gasteiger partial charge in [-0.3, -0.25) is 9.59 Å². The van der Waals surface area contributed by atoms with E-state index in [0.717, 1.165) is 0 Å². The molecule has 0 saturated carbocycles. The van der Waals surface area contributed by atoms with E-state index in [-0.39, 0.29) is 65.2 Å². The number of hydrogen-bond donors (Lipinski definition) is 1. The Morgan fingerprint density at radius 2 is 1.96 bits per heavy atom. The molecule has 0 aliphatic carbocycles. The van der Waals surface area contributed by atoms with Crippen molar-refractivity contribution in [2.24, 2.45) is 5.92 Å². The largest absolute Gasteiger partial charge is 1.00 e. The first-order valence-corrected chi connectivity index (χ1v) is 7.94. The predicted octanol–water partition coefficient (Wildman–Crippen LogP) is -2.03. The second-order valence-corrected chi connectivity index (χ2v) is 6.59. The van der Waals surface area contributed by atoms with E-state index in [0.29, 0.717) is 21.4 Å². The number of ether oxygens (including phenoxy) is 2. The van der Waals surface area contributed by atoms with Crippen LogP contribution < -0.4 is 57.1 Å². The Balaban J connectivity index is 0.00000156. The Labute approximate surface area is 195 Å². The molecule has 1 saturated heterocycles. The summed E-state index contributed by atoms with van der Waals surface area (Å²) in [5.41, 5.74) is 6.82. The maximum atomic E-state index is 12.0. The third kappa shape index (κ3) is 4.07. The Kier molecular flexibility index (Phi) is 6.24. The van der Waals surface area contributed by atoms with Gasteiger partial charge in [0.25, 0.3) is 5.79 Å². The number of nitrogens with two attached hydrogens (primary N) is 1. The number of aromatic nitrogens is 4. The van der Waals surface area contributed by atoms with Gasteiger partial charge in [0.1, 0.15) is 9.22 Å². The molecule has 3 heterocycles. The number of carbonyl (C=O) groups excluding carboxylic acids is 2. The van der Waals surface area contributed by atoms with Crippen LogP contribution in [-0.2, 0) is 25.6 Å². The first-order chi connectivity index (χ1) is 10.8. The van der Waals surface area contributed by atoms with E-state index in [1.165, 1.54) is 13.8 Å². The van der Waals surface area contributed by atoms with Crippen LogP contribution in [0.25, 0.3) is 11.2 Å². The Morgan fingerprint density at radius 3 is 2.58 bits per heavy atom. The molecule has 3 rings (SSSR count). The number of hydrogen-bond acceptors (Lipinski definition) is 8. The van der Waals surface area contributed by atoms with Gasteiger partial charge in [-0.25, -0.2) is 9.97 Å². The molecule has 0 aromatic carbocycles. The number of imidazole rings is 1. The second-order valence-electron chi connectivity index (χ2n) is 5.57. The van der Waals surface area contributed by atoms with Crippen LogP contribution in [-0.4, -0.2) is 37.2 Å². The minimum absolute atomic E-state index is 0. The fraction of sp³-hybridized carbons (Fsp3) is 0.462. The quantitative estimate of drug-likeness (QED) is 0.179. The molecule has 1 fully saturated rings. The average molecular weight is 471 g/mol. The maximum absolute atomic E-state index is 12.0. The maximum Gasteiger partial charge on any atom is 1.00 e. The number of esters is 2. The molecule has 0 amide bonds. The van der Waals surface area contributed by atoms with Crippen molar-refractivity contribution in [2.75, 3.05) is 5.73 Å². The molecule has 2 aromatic heterocycles. The van der Waals surface area contributed by atoms with Crippen molar-refractivity contribution in [1.82, 2.24) is 19.5 Å². The molecule has 0 radical (unpaired) electrons.